The number of methoxy groups -OCH3 is 1. The largest absolute Gasteiger partial charge is 0.480 e. The van der Waals surface area contributed by atoms with Crippen LogP contribution in [0.2, 0.25) is 0 Å². The van der Waals surface area contributed by atoms with Crippen LogP contribution in [-0.2, 0) is 22.3 Å². The lowest BCUT2D eigenvalue weighted by molar-refractivity contribution is -0.141. The molecule has 13 heteroatoms. The molecule has 10 nitrogen and oxygen atoms in total. The molecule has 0 aliphatic carbocycles. The monoisotopic (exact) mass is 515 g/mol. The summed E-state index contributed by atoms with van der Waals surface area (Å²) in [7, 11) is 1.36. The molecule has 36 heavy (non-hydrogen) atoms. The maximum atomic E-state index is 12.8. The molecule has 2 aromatic heterocycles. The van der Waals surface area contributed by atoms with Crippen LogP contribution in [0, 0.1) is 0 Å². The van der Waals surface area contributed by atoms with Gasteiger partial charge in [-0.1, -0.05) is 13.8 Å². The third kappa shape index (κ3) is 7.09. The Bertz CT molecular complexity index is 1030. The minimum atomic E-state index is -4.56. The van der Waals surface area contributed by atoms with Gasteiger partial charge in [0.25, 0.3) is 0 Å². The van der Waals surface area contributed by atoms with Gasteiger partial charge in [0.05, 0.1) is 30.7 Å². The van der Waals surface area contributed by atoms with E-state index in [-0.39, 0.29) is 31.1 Å². The fraction of sp³-hybridized carbons (Fsp3) is 0.565. The van der Waals surface area contributed by atoms with Gasteiger partial charge in [0.2, 0.25) is 11.8 Å². The highest BCUT2D eigenvalue weighted by molar-refractivity contribution is 5.87. The predicted molar refractivity (Wildman–Crippen MR) is 123 cm³/mol. The maximum absolute atomic E-state index is 12.8. The summed E-state index contributed by atoms with van der Waals surface area (Å²) in [6.45, 7) is 9.19. The Hall–Kier alpha value is -3.35. The van der Waals surface area contributed by atoms with Crippen LogP contribution in [0.5, 0.6) is 5.88 Å². The molecule has 3 rings (SSSR count). The van der Waals surface area contributed by atoms with Crippen LogP contribution in [0.4, 0.5) is 18.0 Å². The lowest BCUT2D eigenvalue weighted by Crippen LogP contribution is -2.51. The molecule has 2 unspecified atom stereocenters. The molecule has 0 aromatic carbocycles. The number of alkyl halides is 3. The van der Waals surface area contributed by atoms with Gasteiger partial charge >= 0.3 is 12.3 Å². The Balaban J connectivity index is 0.00000222. The van der Waals surface area contributed by atoms with E-state index in [0.29, 0.717) is 5.56 Å². The third-order valence-corrected chi connectivity index (χ3v) is 4.96. The average molecular weight is 516 g/mol. The van der Waals surface area contributed by atoms with Crippen molar-refractivity contribution in [1.82, 2.24) is 25.0 Å². The van der Waals surface area contributed by atoms with E-state index < -0.39 is 41.6 Å². The number of aromatic nitrogens is 3. The van der Waals surface area contributed by atoms with Gasteiger partial charge in [-0.3, -0.25) is 9.69 Å². The predicted octanol–water partition coefficient (Wildman–Crippen LogP) is 3.31. The Morgan fingerprint density at radius 2 is 1.89 bits per heavy atom. The zero-order valence-electron chi connectivity index (χ0n) is 21.1. The number of nitrogens with one attached hydrogen (secondary N) is 1. The molecular formula is C23H32F3N5O5. The zero-order chi connectivity index (χ0) is 27.3. The Kier molecular flexibility index (Phi) is 9.30. The number of rotatable bonds is 5. The van der Waals surface area contributed by atoms with Crippen molar-refractivity contribution in [2.24, 2.45) is 0 Å². The number of halogens is 3. The first-order valence-corrected chi connectivity index (χ1v) is 11.4. The summed E-state index contributed by atoms with van der Waals surface area (Å²) in [5.74, 6) is -0.460. The number of carbonyl (C=O) groups excluding carboxylic acids is 2. The number of aliphatic hydroxyl groups excluding tert-OH is 1. The SMILES string of the molecule is CC.COc1nn(-c2ccc(C(F)(F)F)nc2)cc1CNC(=O)C1C(O)CCN1C(=O)OC(C)(C)C. The Morgan fingerprint density at radius 1 is 1.22 bits per heavy atom. The normalized spacial score (nSPS) is 17.8. The molecule has 0 bridgehead atoms. The van der Waals surface area contributed by atoms with Gasteiger partial charge in [-0.25, -0.2) is 14.5 Å². The molecule has 2 amide bonds. The summed E-state index contributed by atoms with van der Waals surface area (Å²) in [6, 6.07) is 0.908. The van der Waals surface area contributed by atoms with Gasteiger partial charge in [0.15, 0.2) is 0 Å². The number of hydrogen-bond donors (Lipinski definition) is 2. The van der Waals surface area contributed by atoms with E-state index >= 15 is 0 Å². The molecule has 2 N–H and O–H groups in total. The van der Waals surface area contributed by atoms with Crippen molar-refractivity contribution in [2.75, 3.05) is 13.7 Å². The molecule has 2 aromatic rings. The topological polar surface area (TPSA) is 119 Å². The highest BCUT2D eigenvalue weighted by atomic mass is 19.4. The molecule has 1 saturated heterocycles. The molecule has 2 atom stereocenters. The van der Waals surface area contributed by atoms with E-state index in [0.717, 1.165) is 12.3 Å². The van der Waals surface area contributed by atoms with Crippen molar-refractivity contribution >= 4 is 12.0 Å². The number of nitrogens with zero attached hydrogens (tertiary/aromatic N) is 4. The molecule has 1 aliphatic heterocycles. The fourth-order valence-corrected chi connectivity index (χ4v) is 3.41. The second-order valence-electron chi connectivity index (χ2n) is 8.70. The van der Waals surface area contributed by atoms with E-state index in [1.54, 1.807) is 20.8 Å². The van der Waals surface area contributed by atoms with Crippen molar-refractivity contribution in [3.63, 3.8) is 0 Å². The summed E-state index contributed by atoms with van der Waals surface area (Å²) in [5.41, 5.74) is -1.12. The molecule has 0 saturated carbocycles. The molecular weight excluding hydrogens is 483 g/mol. The van der Waals surface area contributed by atoms with Crippen molar-refractivity contribution in [3.05, 3.63) is 35.8 Å². The molecule has 0 radical (unpaired) electrons. The van der Waals surface area contributed by atoms with E-state index in [9.17, 15) is 27.9 Å². The van der Waals surface area contributed by atoms with Gasteiger partial charge < -0.3 is 19.9 Å². The van der Waals surface area contributed by atoms with Gasteiger partial charge in [-0.15, -0.1) is 5.10 Å². The quantitative estimate of drug-likeness (QED) is 0.627. The number of aliphatic hydroxyl groups is 1. The molecule has 200 valence electrons. The van der Waals surface area contributed by atoms with Gasteiger partial charge in [0, 0.05) is 19.3 Å². The summed E-state index contributed by atoms with van der Waals surface area (Å²) < 4.78 is 50.0. The van der Waals surface area contributed by atoms with E-state index in [4.69, 9.17) is 9.47 Å². The Labute approximate surface area is 207 Å². The van der Waals surface area contributed by atoms with Gasteiger partial charge in [-0.2, -0.15) is 13.2 Å². The van der Waals surface area contributed by atoms with Gasteiger partial charge in [0.1, 0.15) is 17.3 Å². The van der Waals surface area contributed by atoms with E-state index in [1.165, 1.54) is 29.0 Å². The van der Waals surface area contributed by atoms with Crippen LogP contribution in [-0.4, -0.2) is 68.2 Å². The first-order valence-electron chi connectivity index (χ1n) is 11.4. The number of likely N-dealkylation sites (tertiary alicyclic amines) is 1. The first-order chi connectivity index (χ1) is 16.8. The zero-order valence-corrected chi connectivity index (χ0v) is 21.1. The highest BCUT2D eigenvalue weighted by Crippen LogP contribution is 2.28. The fourth-order valence-electron chi connectivity index (χ4n) is 3.41. The van der Waals surface area contributed by atoms with Crippen molar-refractivity contribution in [2.45, 2.75) is 71.5 Å². The average Bonchev–Trinajstić information content (AvgIpc) is 3.40. The summed E-state index contributed by atoms with van der Waals surface area (Å²) in [5, 5.41) is 17.1. The second kappa shape index (κ2) is 11.6. The molecule has 1 fully saturated rings. The number of amides is 2. The number of hydrogen-bond acceptors (Lipinski definition) is 7. The summed E-state index contributed by atoms with van der Waals surface area (Å²) >= 11 is 0. The lowest BCUT2D eigenvalue weighted by Gasteiger charge is -2.28. The van der Waals surface area contributed by atoms with Crippen molar-refractivity contribution in [3.8, 4) is 11.6 Å². The first kappa shape index (κ1) is 28.9. The van der Waals surface area contributed by atoms with Gasteiger partial charge in [-0.05, 0) is 39.3 Å². The number of ether oxygens (including phenoxy) is 2. The van der Waals surface area contributed by atoms with Crippen molar-refractivity contribution in [1.29, 1.82) is 0 Å². The van der Waals surface area contributed by atoms with Crippen molar-refractivity contribution < 1.29 is 37.3 Å². The number of pyridine rings is 1. The summed E-state index contributed by atoms with van der Waals surface area (Å²) in [6.07, 6.45) is -3.61. The number of carbonyl (C=O) groups is 2. The molecule has 1 aliphatic rings. The minimum absolute atomic E-state index is 0.0680. The molecule has 0 spiro atoms. The lowest BCUT2D eigenvalue weighted by atomic mass is 10.1. The maximum Gasteiger partial charge on any atom is 0.433 e. The van der Waals surface area contributed by atoms with Crippen LogP contribution in [0.3, 0.4) is 0 Å². The van der Waals surface area contributed by atoms with Crippen LogP contribution in [0.15, 0.2) is 24.5 Å². The van der Waals surface area contributed by atoms with Crippen LogP contribution < -0.4 is 10.1 Å². The molecule has 3 heterocycles. The minimum Gasteiger partial charge on any atom is -0.480 e. The van der Waals surface area contributed by atoms with Crippen LogP contribution in [0.25, 0.3) is 5.69 Å². The smallest absolute Gasteiger partial charge is 0.433 e. The Morgan fingerprint density at radius 3 is 2.42 bits per heavy atom. The second-order valence-corrected chi connectivity index (χ2v) is 8.70. The van der Waals surface area contributed by atoms with E-state index in [2.05, 4.69) is 15.4 Å². The standard InChI is InChI=1S/C21H26F3N5O5.C2H6/c1-20(2,3)34-19(32)28-8-7-14(30)16(28)17(31)26-9-12-11-29(27-18(12)33-4)13-5-6-15(25-10-13)21(22,23)24;1-2/h5-6,10-11,14,16,30H,7-9H2,1-4H3,(H,26,31);1-2H3. The summed E-state index contributed by atoms with van der Waals surface area (Å²) in [4.78, 5) is 29.8. The van der Waals surface area contributed by atoms with E-state index in [1.807, 2.05) is 13.8 Å². The third-order valence-electron chi connectivity index (χ3n) is 4.96. The van der Waals surface area contributed by atoms with Crippen LogP contribution in [0.1, 0.15) is 52.3 Å². The van der Waals surface area contributed by atoms with Crippen LogP contribution >= 0.6 is 0 Å². The highest BCUT2D eigenvalue weighted by Gasteiger charge is 2.42.